The predicted molar refractivity (Wildman–Crippen MR) is 120 cm³/mol. The highest BCUT2D eigenvalue weighted by Gasteiger charge is 2.13. The average molecular weight is 431 g/mol. The van der Waals surface area contributed by atoms with Gasteiger partial charge in [0, 0.05) is 48.1 Å². The number of carbonyl (C=O) groups excluding carboxylic acids is 1. The minimum atomic E-state index is -0.00589. The molecule has 1 N–H and O–H groups in total. The van der Waals surface area contributed by atoms with Gasteiger partial charge >= 0.3 is 0 Å². The highest BCUT2D eigenvalue weighted by molar-refractivity contribution is 8.00. The summed E-state index contributed by atoms with van der Waals surface area (Å²) in [6.45, 7) is 4.54. The third kappa shape index (κ3) is 6.07. The third-order valence-electron chi connectivity index (χ3n) is 4.81. The van der Waals surface area contributed by atoms with E-state index in [1.54, 1.807) is 0 Å². The van der Waals surface area contributed by atoms with Gasteiger partial charge in [0.25, 0.3) is 0 Å². The monoisotopic (exact) mass is 430 g/mol. The van der Waals surface area contributed by atoms with Crippen LogP contribution in [-0.2, 0) is 11.3 Å². The number of hydrogen-bond donors (Lipinski definition) is 1. The Labute approximate surface area is 180 Å². The molecule has 1 amide bonds. The molecule has 29 heavy (non-hydrogen) atoms. The van der Waals surface area contributed by atoms with Gasteiger partial charge in [-0.2, -0.15) is 11.8 Å². The summed E-state index contributed by atoms with van der Waals surface area (Å²) in [6.07, 6.45) is 0.884. The van der Waals surface area contributed by atoms with Crippen LogP contribution in [0, 0.1) is 0 Å². The van der Waals surface area contributed by atoms with Crippen molar-refractivity contribution in [2.75, 3.05) is 48.9 Å². The molecule has 0 saturated carbocycles. The number of rotatable bonds is 6. The number of nitrogens with zero attached hydrogens (tertiary/aromatic N) is 1. The first-order valence-corrected chi connectivity index (χ1v) is 12.1. The summed E-state index contributed by atoms with van der Waals surface area (Å²) in [6, 6.07) is 14.0. The number of carbonyl (C=O) groups is 1. The van der Waals surface area contributed by atoms with Gasteiger partial charge in [0.2, 0.25) is 5.91 Å². The highest BCUT2D eigenvalue weighted by Crippen LogP contribution is 2.33. The largest absolute Gasteiger partial charge is 0.490 e. The first-order valence-electron chi connectivity index (χ1n) is 9.98. The SMILES string of the molecule is O=C(CSc1ccc2c(c1)OCCCO2)Nc1cccc(CN2CCSCC2)c1. The molecule has 0 bridgehead atoms. The van der Waals surface area contributed by atoms with Gasteiger partial charge in [0.05, 0.1) is 19.0 Å². The summed E-state index contributed by atoms with van der Waals surface area (Å²) in [5.74, 6) is 4.29. The minimum absolute atomic E-state index is 0.00589. The molecule has 154 valence electrons. The van der Waals surface area contributed by atoms with Crippen molar-refractivity contribution in [2.45, 2.75) is 17.9 Å². The van der Waals surface area contributed by atoms with E-state index in [9.17, 15) is 4.79 Å². The Hall–Kier alpha value is -1.83. The van der Waals surface area contributed by atoms with Gasteiger partial charge in [0.15, 0.2) is 11.5 Å². The van der Waals surface area contributed by atoms with Crippen LogP contribution in [0.25, 0.3) is 0 Å². The molecule has 1 fully saturated rings. The zero-order chi connectivity index (χ0) is 19.9. The molecule has 2 aliphatic rings. The highest BCUT2D eigenvalue weighted by atomic mass is 32.2. The molecular weight excluding hydrogens is 404 g/mol. The Balaban J connectivity index is 1.29. The van der Waals surface area contributed by atoms with Crippen molar-refractivity contribution in [1.29, 1.82) is 0 Å². The first-order chi connectivity index (χ1) is 14.3. The van der Waals surface area contributed by atoms with Crippen LogP contribution in [0.2, 0.25) is 0 Å². The smallest absolute Gasteiger partial charge is 0.234 e. The molecule has 0 radical (unpaired) electrons. The summed E-state index contributed by atoms with van der Waals surface area (Å²) < 4.78 is 11.4. The summed E-state index contributed by atoms with van der Waals surface area (Å²) >= 11 is 3.52. The second kappa shape index (κ2) is 10.3. The average Bonchev–Trinajstić information content (AvgIpc) is 2.98. The number of thioether (sulfide) groups is 2. The van der Waals surface area contributed by atoms with Crippen molar-refractivity contribution in [3.63, 3.8) is 0 Å². The molecular formula is C22H26N2O3S2. The molecule has 7 heteroatoms. The van der Waals surface area contributed by atoms with Crippen molar-refractivity contribution < 1.29 is 14.3 Å². The number of anilines is 1. The maximum Gasteiger partial charge on any atom is 0.234 e. The zero-order valence-electron chi connectivity index (χ0n) is 16.4. The number of hydrogen-bond acceptors (Lipinski definition) is 6. The van der Waals surface area contributed by atoms with E-state index < -0.39 is 0 Å². The molecule has 1 saturated heterocycles. The van der Waals surface area contributed by atoms with Crippen LogP contribution in [0.5, 0.6) is 11.5 Å². The van der Waals surface area contributed by atoms with Crippen LogP contribution in [0.1, 0.15) is 12.0 Å². The fourth-order valence-electron chi connectivity index (χ4n) is 3.34. The van der Waals surface area contributed by atoms with Gasteiger partial charge in [-0.25, -0.2) is 0 Å². The van der Waals surface area contributed by atoms with Crippen LogP contribution < -0.4 is 14.8 Å². The quantitative estimate of drug-likeness (QED) is 0.696. The fourth-order valence-corrected chi connectivity index (χ4v) is 5.05. The molecule has 0 aliphatic carbocycles. The van der Waals surface area contributed by atoms with Crippen LogP contribution >= 0.6 is 23.5 Å². The lowest BCUT2D eigenvalue weighted by Gasteiger charge is -2.26. The Morgan fingerprint density at radius 1 is 1.07 bits per heavy atom. The van der Waals surface area contributed by atoms with Crippen molar-refractivity contribution in [1.82, 2.24) is 4.90 Å². The molecule has 0 atom stereocenters. The van der Waals surface area contributed by atoms with E-state index in [-0.39, 0.29) is 5.91 Å². The van der Waals surface area contributed by atoms with Crippen molar-refractivity contribution in [3.05, 3.63) is 48.0 Å². The standard InChI is InChI=1S/C22H26N2O3S2/c25-22(16-29-19-5-6-20-21(14-19)27-10-2-9-26-20)23-18-4-1-3-17(13-18)15-24-7-11-28-12-8-24/h1,3-6,13-14H,2,7-12,15-16H2,(H,23,25). The van der Waals surface area contributed by atoms with E-state index in [0.717, 1.165) is 48.1 Å². The normalized spacial score (nSPS) is 16.8. The second-order valence-corrected chi connectivity index (χ2v) is 9.36. The molecule has 0 unspecified atom stereocenters. The van der Waals surface area contributed by atoms with Gasteiger partial charge in [-0.05, 0) is 35.9 Å². The van der Waals surface area contributed by atoms with Crippen LogP contribution in [0.15, 0.2) is 47.4 Å². The Morgan fingerprint density at radius 3 is 2.76 bits per heavy atom. The molecule has 2 aromatic carbocycles. The van der Waals surface area contributed by atoms with Gasteiger partial charge in [-0.3, -0.25) is 9.69 Å². The number of benzene rings is 2. The topological polar surface area (TPSA) is 50.8 Å². The number of ether oxygens (including phenoxy) is 2. The second-order valence-electron chi connectivity index (χ2n) is 7.08. The van der Waals surface area contributed by atoms with Gasteiger partial charge in [-0.1, -0.05) is 12.1 Å². The predicted octanol–water partition coefficient (Wildman–Crippen LogP) is 4.13. The number of amides is 1. The maximum absolute atomic E-state index is 12.4. The molecule has 0 aromatic heterocycles. The van der Waals surface area contributed by atoms with Crippen molar-refractivity contribution in [3.8, 4) is 11.5 Å². The summed E-state index contributed by atoms with van der Waals surface area (Å²) in [5, 5.41) is 3.02. The lowest BCUT2D eigenvalue weighted by molar-refractivity contribution is -0.113. The van der Waals surface area contributed by atoms with Crippen LogP contribution in [0.4, 0.5) is 5.69 Å². The van der Waals surface area contributed by atoms with E-state index in [1.165, 1.54) is 28.8 Å². The number of nitrogens with one attached hydrogen (secondary N) is 1. The van der Waals surface area contributed by atoms with E-state index in [0.29, 0.717) is 19.0 Å². The Kier molecular flexibility index (Phi) is 7.24. The summed E-state index contributed by atoms with van der Waals surface area (Å²) in [7, 11) is 0. The van der Waals surface area contributed by atoms with E-state index in [2.05, 4.69) is 22.3 Å². The summed E-state index contributed by atoms with van der Waals surface area (Å²) in [5.41, 5.74) is 2.10. The number of fused-ring (bicyclic) bond motifs is 1. The zero-order valence-corrected chi connectivity index (χ0v) is 18.0. The van der Waals surface area contributed by atoms with E-state index in [1.807, 2.05) is 42.1 Å². The molecule has 4 rings (SSSR count). The fraction of sp³-hybridized carbons (Fsp3) is 0.409. The molecule has 2 heterocycles. The van der Waals surface area contributed by atoms with Gasteiger partial charge < -0.3 is 14.8 Å². The van der Waals surface area contributed by atoms with Crippen molar-refractivity contribution in [2.24, 2.45) is 0 Å². The molecule has 2 aliphatic heterocycles. The first kappa shape index (κ1) is 20.4. The Morgan fingerprint density at radius 2 is 1.90 bits per heavy atom. The van der Waals surface area contributed by atoms with Crippen LogP contribution in [-0.4, -0.2) is 54.4 Å². The summed E-state index contributed by atoms with van der Waals surface area (Å²) in [4.78, 5) is 15.9. The van der Waals surface area contributed by atoms with Crippen molar-refractivity contribution >= 4 is 35.1 Å². The molecule has 0 spiro atoms. The minimum Gasteiger partial charge on any atom is -0.490 e. The maximum atomic E-state index is 12.4. The van der Waals surface area contributed by atoms with Gasteiger partial charge in [0.1, 0.15) is 0 Å². The Bertz CT molecular complexity index is 841. The molecule has 2 aromatic rings. The van der Waals surface area contributed by atoms with E-state index >= 15 is 0 Å². The lowest BCUT2D eigenvalue weighted by atomic mass is 10.2. The van der Waals surface area contributed by atoms with Gasteiger partial charge in [-0.15, -0.1) is 11.8 Å². The molecule has 5 nitrogen and oxygen atoms in total. The van der Waals surface area contributed by atoms with E-state index in [4.69, 9.17) is 9.47 Å². The lowest BCUT2D eigenvalue weighted by Crippen LogP contribution is -2.31. The van der Waals surface area contributed by atoms with Crippen LogP contribution in [0.3, 0.4) is 0 Å². The third-order valence-corrected chi connectivity index (χ3v) is 6.75.